The molecule has 6 nitrogen and oxygen atoms in total. The van der Waals surface area contributed by atoms with Crippen LogP contribution in [0.3, 0.4) is 0 Å². The number of urea groups is 1. The summed E-state index contributed by atoms with van der Waals surface area (Å²) in [4.78, 5) is 27.7. The average Bonchev–Trinajstić information content (AvgIpc) is 2.70. The molecule has 6 heteroatoms. The van der Waals surface area contributed by atoms with Crippen molar-refractivity contribution in [2.24, 2.45) is 0 Å². The highest BCUT2D eigenvalue weighted by molar-refractivity contribution is 5.88. The van der Waals surface area contributed by atoms with E-state index in [-0.39, 0.29) is 11.9 Å². The molecule has 2 aromatic rings. The Kier molecular flexibility index (Phi) is 7.03. The molecule has 0 aliphatic carbocycles. The van der Waals surface area contributed by atoms with E-state index in [4.69, 9.17) is 0 Å². The minimum atomic E-state index is -0.0797. The fraction of sp³-hybridized carbons (Fsp3) is 0.364. The molecule has 1 aliphatic rings. The van der Waals surface area contributed by atoms with Gasteiger partial charge in [-0.25, -0.2) is 4.79 Å². The summed E-state index contributed by atoms with van der Waals surface area (Å²) in [6.07, 6.45) is 0.764. The first-order chi connectivity index (χ1) is 13.6. The number of carbonyl (C=O) groups excluding carboxylic acids is 2. The van der Waals surface area contributed by atoms with Crippen LogP contribution in [0.2, 0.25) is 0 Å². The van der Waals surface area contributed by atoms with Crippen molar-refractivity contribution in [2.75, 3.05) is 38.0 Å². The SMILES string of the molecule is CC(=O)Nc1ccc(CCNC(=O)N2CCN(Cc3ccccc3)CC2)cc1. The van der Waals surface area contributed by atoms with Crippen LogP contribution in [-0.2, 0) is 17.8 Å². The van der Waals surface area contributed by atoms with Crippen molar-refractivity contribution in [3.05, 3.63) is 65.7 Å². The summed E-state index contributed by atoms with van der Waals surface area (Å²) in [5, 5.41) is 5.76. The van der Waals surface area contributed by atoms with E-state index in [9.17, 15) is 9.59 Å². The lowest BCUT2D eigenvalue weighted by molar-refractivity contribution is -0.114. The lowest BCUT2D eigenvalue weighted by Crippen LogP contribution is -2.51. The topological polar surface area (TPSA) is 64.7 Å². The standard InChI is InChI=1S/C22H28N4O2/c1-18(27)24-21-9-7-19(8-10-21)11-12-23-22(28)26-15-13-25(14-16-26)17-20-5-3-2-4-6-20/h2-10H,11-17H2,1H3,(H,23,28)(H,24,27). The number of nitrogens with zero attached hydrogens (tertiary/aromatic N) is 2. The Morgan fingerprint density at radius 1 is 0.893 bits per heavy atom. The Bertz CT molecular complexity index is 769. The molecule has 148 valence electrons. The second kappa shape index (κ2) is 9.90. The van der Waals surface area contributed by atoms with Crippen LogP contribution in [0.5, 0.6) is 0 Å². The first kappa shape index (κ1) is 19.9. The molecule has 0 aromatic heterocycles. The van der Waals surface area contributed by atoms with E-state index in [0.29, 0.717) is 6.54 Å². The third-order valence-electron chi connectivity index (χ3n) is 4.87. The molecule has 1 aliphatic heterocycles. The van der Waals surface area contributed by atoms with Crippen LogP contribution >= 0.6 is 0 Å². The average molecular weight is 380 g/mol. The van der Waals surface area contributed by atoms with E-state index in [1.54, 1.807) is 0 Å². The van der Waals surface area contributed by atoms with Crippen LogP contribution in [0.15, 0.2) is 54.6 Å². The van der Waals surface area contributed by atoms with Gasteiger partial charge in [0.2, 0.25) is 5.91 Å². The van der Waals surface area contributed by atoms with Gasteiger partial charge < -0.3 is 15.5 Å². The molecule has 1 heterocycles. The molecule has 0 bridgehead atoms. The molecule has 3 amide bonds. The predicted molar refractivity (Wildman–Crippen MR) is 111 cm³/mol. The van der Waals surface area contributed by atoms with Crippen molar-refractivity contribution in [3.8, 4) is 0 Å². The van der Waals surface area contributed by atoms with Crippen molar-refractivity contribution in [1.82, 2.24) is 15.1 Å². The highest BCUT2D eigenvalue weighted by Crippen LogP contribution is 2.10. The normalized spacial score (nSPS) is 14.5. The molecule has 0 spiro atoms. The van der Waals surface area contributed by atoms with Crippen LogP contribution in [0.4, 0.5) is 10.5 Å². The fourth-order valence-corrected chi connectivity index (χ4v) is 3.33. The summed E-state index contributed by atoms with van der Waals surface area (Å²) in [5.41, 5.74) is 3.22. The first-order valence-corrected chi connectivity index (χ1v) is 9.76. The zero-order valence-electron chi connectivity index (χ0n) is 16.4. The van der Waals surface area contributed by atoms with Crippen molar-refractivity contribution < 1.29 is 9.59 Å². The molecule has 3 rings (SSSR count). The number of hydrogen-bond acceptors (Lipinski definition) is 3. The maximum absolute atomic E-state index is 12.4. The van der Waals surface area contributed by atoms with Gasteiger partial charge >= 0.3 is 6.03 Å². The van der Waals surface area contributed by atoms with Crippen LogP contribution in [0, 0.1) is 0 Å². The zero-order chi connectivity index (χ0) is 19.8. The van der Waals surface area contributed by atoms with Crippen molar-refractivity contribution in [3.63, 3.8) is 0 Å². The van der Waals surface area contributed by atoms with Crippen molar-refractivity contribution in [1.29, 1.82) is 0 Å². The quantitative estimate of drug-likeness (QED) is 0.810. The first-order valence-electron chi connectivity index (χ1n) is 9.76. The Balaban J connectivity index is 1.36. The number of amides is 3. The maximum Gasteiger partial charge on any atom is 0.317 e. The number of benzene rings is 2. The number of rotatable bonds is 6. The Morgan fingerprint density at radius 2 is 1.57 bits per heavy atom. The van der Waals surface area contributed by atoms with Crippen LogP contribution in [0.1, 0.15) is 18.1 Å². The summed E-state index contributed by atoms with van der Waals surface area (Å²) in [6, 6.07) is 18.1. The Labute approximate surface area is 166 Å². The molecule has 0 saturated carbocycles. The smallest absolute Gasteiger partial charge is 0.317 e. The third kappa shape index (κ3) is 6.09. The third-order valence-corrected chi connectivity index (χ3v) is 4.87. The lowest BCUT2D eigenvalue weighted by atomic mass is 10.1. The van der Waals surface area contributed by atoms with Crippen molar-refractivity contribution >= 4 is 17.6 Å². The summed E-state index contributed by atoms with van der Waals surface area (Å²) < 4.78 is 0. The summed E-state index contributed by atoms with van der Waals surface area (Å²) >= 11 is 0. The van der Waals surface area contributed by atoms with Gasteiger partial charge in [0, 0.05) is 51.9 Å². The van der Waals surface area contributed by atoms with Crippen LogP contribution < -0.4 is 10.6 Å². The Hall–Kier alpha value is -2.86. The molecular weight excluding hydrogens is 352 g/mol. The zero-order valence-corrected chi connectivity index (χ0v) is 16.4. The minimum absolute atomic E-state index is 0.00854. The molecule has 2 aromatic carbocycles. The number of carbonyl (C=O) groups is 2. The molecular formula is C22H28N4O2. The molecule has 28 heavy (non-hydrogen) atoms. The van der Waals surface area contributed by atoms with Gasteiger partial charge in [-0.3, -0.25) is 9.69 Å². The summed E-state index contributed by atoms with van der Waals surface area (Å²) in [7, 11) is 0. The van der Waals surface area contributed by atoms with Crippen LogP contribution in [-0.4, -0.2) is 54.5 Å². The van der Waals surface area contributed by atoms with Gasteiger partial charge in [-0.2, -0.15) is 0 Å². The minimum Gasteiger partial charge on any atom is -0.338 e. The second-order valence-corrected chi connectivity index (χ2v) is 7.11. The van der Waals surface area contributed by atoms with Gasteiger partial charge in [-0.1, -0.05) is 42.5 Å². The van der Waals surface area contributed by atoms with Gasteiger partial charge in [-0.15, -0.1) is 0 Å². The van der Waals surface area contributed by atoms with Gasteiger partial charge in [0.15, 0.2) is 0 Å². The van der Waals surface area contributed by atoms with Gasteiger partial charge in [0.05, 0.1) is 0 Å². The molecule has 1 saturated heterocycles. The molecule has 1 fully saturated rings. The summed E-state index contributed by atoms with van der Waals surface area (Å²) in [5.74, 6) is -0.0797. The summed E-state index contributed by atoms with van der Waals surface area (Å²) in [6.45, 7) is 6.33. The van der Waals surface area contributed by atoms with E-state index in [2.05, 4.69) is 39.8 Å². The van der Waals surface area contributed by atoms with E-state index in [0.717, 1.165) is 50.4 Å². The monoisotopic (exact) mass is 380 g/mol. The van der Waals surface area contributed by atoms with Crippen molar-refractivity contribution in [2.45, 2.75) is 19.9 Å². The van der Waals surface area contributed by atoms with Crippen LogP contribution in [0.25, 0.3) is 0 Å². The fourth-order valence-electron chi connectivity index (χ4n) is 3.33. The molecule has 2 N–H and O–H groups in total. The predicted octanol–water partition coefficient (Wildman–Crippen LogP) is 2.71. The maximum atomic E-state index is 12.4. The highest BCUT2D eigenvalue weighted by Gasteiger charge is 2.20. The van der Waals surface area contributed by atoms with E-state index in [1.165, 1.54) is 12.5 Å². The lowest BCUT2D eigenvalue weighted by Gasteiger charge is -2.34. The molecule has 0 radical (unpaired) electrons. The van der Waals surface area contributed by atoms with Gasteiger partial charge in [0.25, 0.3) is 0 Å². The van der Waals surface area contributed by atoms with E-state index < -0.39 is 0 Å². The number of anilines is 1. The number of piperazine rings is 1. The van der Waals surface area contributed by atoms with Gasteiger partial charge in [-0.05, 0) is 29.7 Å². The highest BCUT2D eigenvalue weighted by atomic mass is 16.2. The Morgan fingerprint density at radius 3 is 2.21 bits per heavy atom. The van der Waals surface area contributed by atoms with E-state index in [1.807, 2.05) is 35.2 Å². The number of nitrogens with one attached hydrogen (secondary N) is 2. The molecule has 0 atom stereocenters. The van der Waals surface area contributed by atoms with Gasteiger partial charge in [0.1, 0.15) is 0 Å². The van der Waals surface area contributed by atoms with E-state index >= 15 is 0 Å². The number of hydrogen-bond donors (Lipinski definition) is 2. The molecule has 0 unspecified atom stereocenters. The second-order valence-electron chi connectivity index (χ2n) is 7.11. The largest absolute Gasteiger partial charge is 0.338 e.